The predicted molar refractivity (Wildman–Crippen MR) is 50.0 cm³/mol. The lowest BCUT2D eigenvalue weighted by molar-refractivity contribution is 0.230. The van der Waals surface area contributed by atoms with Crippen LogP contribution in [0.2, 0.25) is 0 Å². The molecule has 68 valence electrons. The van der Waals surface area contributed by atoms with Gasteiger partial charge in [-0.3, -0.25) is 0 Å². The average Bonchev–Trinajstić information content (AvgIpc) is 2.47. The maximum Gasteiger partial charge on any atom is 0.0456 e. The first-order valence-electron chi connectivity index (χ1n) is 4.45. The van der Waals surface area contributed by atoms with Crippen LogP contribution in [0.15, 0.2) is 18.3 Å². The van der Waals surface area contributed by atoms with Crippen molar-refractivity contribution in [2.75, 3.05) is 6.61 Å². The van der Waals surface area contributed by atoms with E-state index in [9.17, 15) is 0 Å². The molecule has 1 N–H and O–H groups in total. The van der Waals surface area contributed by atoms with Gasteiger partial charge in [-0.2, -0.15) is 0 Å². The van der Waals surface area contributed by atoms with Crippen molar-refractivity contribution in [3.05, 3.63) is 24.0 Å². The summed E-state index contributed by atoms with van der Waals surface area (Å²) in [5.74, 6) is 0.417. The van der Waals surface area contributed by atoms with E-state index < -0.39 is 0 Å². The Balaban J connectivity index is 2.38. The third kappa shape index (κ3) is 2.38. The first-order valence-corrected chi connectivity index (χ1v) is 4.45. The number of aromatic nitrogens is 1. The van der Waals surface area contributed by atoms with Crippen LogP contribution in [-0.4, -0.2) is 16.3 Å². The van der Waals surface area contributed by atoms with Crippen LogP contribution in [-0.2, 0) is 13.5 Å². The van der Waals surface area contributed by atoms with Gasteiger partial charge in [-0.15, -0.1) is 0 Å². The van der Waals surface area contributed by atoms with E-state index >= 15 is 0 Å². The molecule has 1 atom stereocenters. The highest BCUT2D eigenvalue weighted by Crippen LogP contribution is 2.08. The minimum Gasteiger partial charge on any atom is -0.396 e. The van der Waals surface area contributed by atoms with E-state index in [1.807, 2.05) is 0 Å². The van der Waals surface area contributed by atoms with Gasteiger partial charge in [0.15, 0.2) is 0 Å². The topological polar surface area (TPSA) is 25.2 Å². The Morgan fingerprint density at radius 2 is 2.33 bits per heavy atom. The molecule has 0 amide bonds. The van der Waals surface area contributed by atoms with E-state index in [1.54, 1.807) is 0 Å². The third-order valence-corrected chi connectivity index (χ3v) is 2.26. The molecule has 0 spiro atoms. The van der Waals surface area contributed by atoms with Gasteiger partial charge >= 0.3 is 0 Å². The summed E-state index contributed by atoms with van der Waals surface area (Å²) in [4.78, 5) is 0. The number of aryl methyl sites for hydroxylation is 2. The number of aliphatic hydroxyl groups excluding tert-OH is 1. The van der Waals surface area contributed by atoms with Crippen LogP contribution in [0, 0.1) is 5.92 Å². The van der Waals surface area contributed by atoms with Gasteiger partial charge in [0, 0.05) is 25.5 Å². The van der Waals surface area contributed by atoms with Gasteiger partial charge < -0.3 is 9.67 Å². The van der Waals surface area contributed by atoms with Gasteiger partial charge in [-0.05, 0) is 30.9 Å². The summed E-state index contributed by atoms with van der Waals surface area (Å²) in [6.07, 6.45) is 4.18. The lowest BCUT2D eigenvalue weighted by Crippen LogP contribution is -2.04. The minimum atomic E-state index is 0.296. The summed E-state index contributed by atoms with van der Waals surface area (Å²) >= 11 is 0. The van der Waals surface area contributed by atoms with Crippen molar-refractivity contribution in [3.63, 3.8) is 0 Å². The highest BCUT2D eigenvalue weighted by atomic mass is 16.3. The fourth-order valence-electron chi connectivity index (χ4n) is 1.24. The highest BCUT2D eigenvalue weighted by molar-refractivity contribution is 5.06. The monoisotopic (exact) mass is 167 g/mol. The van der Waals surface area contributed by atoms with Crippen molar-refractivity contribution in [1.29, 1.82) is 0 Å². The zero-order chi connectivity index (χ0) is 8.97. The van der Waals surface area contributed by atoms with Gasteiger partial charge in [0.25, 0.3) is 0 Å². The molecule has 0 fully saturated rings. The van der Waals surface area contributed by atoms with Crippen LogP contribution < -0.4 is 0 Å². The van der Waals surface area contributed by atoms with Crippen molar-refractivity contribution in [1.82, 2.24) is 4.57 Å². The smallest absolute Gasteiger partial charge is 0.0456 e. The van der Waals surface area contributed by atoms with Crippen LogP contribution >= 0.6 is 0 Å². The first-order chi connectivity index (χ1) is 5.74. The fourth-order valence-corrected chi connectivity index (χ4v) is 1.24. The van der Waals surface area contributed by atoms with E-state index in [1.165, 1.54) is 5.69 Å². The van der Waals surface area contributed by atoms with E-state index in [2.05, 4.69) is 36.9 Å². The Morgan fingerprint density at radius 3 is 2.83 bits per heavy atom. The summed E-state index contributed by atoms with van der Waals surface area (Å²) in [7, 11) is 2.05. The Hall–Kier alpha value is -0.760. The Bertz CT molecular complexity index is 229. The predicted octanol–water partition coefficient (Wildman–Crippen LogP) is 1.59. The number of rotatable bonds is 4. The molecule has 0 saturated carbocycles. The second kappa shape index (κ2) is 4.31. The molecule has 2 nitrogen and oxygen atoms in total. The standard InChI is InChI=1S/C10H17NO/c1-9(8-12)5-6-10-4-3-7-11(10)2/h3-4,7,9,12H,5-6,8H2,1-2H3. The number of nitrogens with zero attached hydrogens (tertiary/aromatic N) is 1. The number of aliphatic hydroxyl groups is 1. The zero-order valence-electron chi connectivity index (χ0n) is 7.83. The van der Waals surface area contributed by atoms with Crippen molar-refractivity contribution in [3.8, 4) is 0 Å². The van der Waals surface area contributed by atoms with Crippen molar-refractivity contribution in [2.45, 2.75) is 19.8 Å². The maximum atomic E-state index is 8.83. The lowest BCUT2D eigenvalue weighted by atomic mass is 10.1. The van der Waals surface area contributed by atoms with Crippen molar-refractivity contribution in [2.24, 2.45) is 13.0 Å². The lowest BCUT2D eigenvalue weighted by Gasteiger charge is -2.07. The highest BCUT2D eigenvalue weighted by Gasteiger charge is 2.02. The number of hydrogen-bond acceptors (Lipinski definition) is 1. The zero-order valence-corrected chi connectivity index (χ0v) is 7.83. The Labute approximate surface area is 73.8 Å². The first kappa shape index (κ1) is 9.33. The molecule has 0 aromatic carbocycles. The summed E-state index contributed by atoms with van der Waals surface area (Å²) < 4.78 is 2.13. The molecule has 1 heterocycles. The molecule has 0 radical (unpaired) electrons. The summed E-state index contributed by atoms with van der Waals surface area (Å²) in [5.41, 5.74) is 1.34. The van der Waals surface area contributed by atoms with Crippen LogP contribution in [0.5, 0.6) is 0 Å². The van der Waals surface area contributed by atoms with Gasteiger partial charge in [-0.1, -0.05) is 6.92 Å². The summed E-state index contributed by atoms with van der Waals surface area (Å²) in [6, 6.07) is 4.18. The molecule has 0 aliphatic rings. The summed E-state index contributed by atoms with van der Waals surface area (Å²) in [5, 5.41) is 8.83. The molecule has 1 aromatic heterocycles. The largest absolute Gasteiger partial charge is 0.396 e. The molecular formula is C10H17NO. The SMILES string of the molecule is CC(CO)CCc1cccn1C. The normalized spacial score (nSPS) is 13.2. The quantitative estimate of drug-likeness (QED) is 0.723. The minimum absolute atomic E-state index is 0.296. The van der Waals surface area contributed by atoms with Crippen LogP contribution in [0.25, 0.3) is 0 Å². The van der Waals surface area contributed by atoms with E-state index in [-0.39, 0.29) is 0 Å². The fraction of sp³-hybridized carbons (Fsp3) is 0.600. The molecule has 0 bridgehead atoms. The van der Waals surface area contributed by atoms with Crippen LogP contribution in [0.3, 0.4) is 0 Å². The molecule has 12 heavy (non-hydrogen) atoms. The average molecular weight is 167 g/mol. The molecule has 0 saturated heterocycles. The van der Waals surface area contributed by atoms with E-state index in [0.29, 0.717) is 12.5 Å². The third-order valence-electron chi connectivity index (χ3n) is 2.26. The van der Waals surface area contributed by atoms with E-state index in [0.717, 1.165) is 12.8 Å². The van der Waals surface area contributed by atoms with Crippen LogP contribution in [0.1, 0.15) is 19.0 Å². The molecule has 0 aliphatic carbocycles. The Morgan fingerprint density at radius 1 is 1.58 bits per heavy atom. The maximum absolute atomic E-state index is 8.83. The van der Waals surface area contributed by atoms with Gasteiger partial charge in [0.05, 0.1) is 0 Å². The molecule has 1 rings (SSSR count). The molecular weight excluding hydrogens is 150 g/mol. The van der Waals surface area contributed by atoms with E-state index in [4.69, 9.17) is 5.11 Å². The Kier molecular flexibility index (Phi) is 3.35. The molecule has 2 heteroatoms. The molecule has 0 aliphatic heterocycles. The molecule has 1 unspecified atom stereocenters. The van der Waals surface area contributed by atoms with Gasteiger partial charge in [0.2, 0.25) is 0 Å². The number of hydrogen-bond donors (Lipinski definition) is 1. The van der Waals surface area contributed by atoms with Gasteiger partial charge in [-0.25, -0.2) is 0 Å². The molecule has 1 aromatic rings. The summed E-state index contributed by atoms with van der Waals surface area (Å²) in [6.45, 7) is 2.37. The second-order valence-corrected chi connectivity index (χ2v) is 3.44. The second-order valence-electron chi connectivity index (χ2n) is 3.44. The van der Waals surface area contributed by atoms with Crippen LogP contribution in [0.4, 0.5) is 0 Å². The van der Waals surface area contributed by atoms with Crippen molar-refractivity contribution >= 4 is 0 Å². The van der Waals surface area contributed by atoms with Crippen molar-refractivity contribution < 1.29 is 5.11 Å². The van der Waals surface area contributed by atoms with Gasteiger partial charge in [0.1, 0.15) is 0 Å².